The molecule has 0 radical (unpaired) electrons. The molecule has 0 aromatic carbocycles. The van der Waals surface area contributed by atoms with Gasteiger partial charge < -0.3 is 5.32 Å². The highest BCUT2D eigenvalue weighted by Gasteiger charge is 2.39. The summed E-state index contributed by atoms with van der Waals surface area (Å²) in [7, 11) is 0. The SMILES string of the molecule is CSC(C)(C)CNC(=O)C(F)(F)F. The zero-order valence-electron chi connectivity index (χ0n) is 7.66. The van der Waals surface area contributed by atoms with Crippen LogP contribution < -0.4 is 5.32 Å². The van der Waals surface area contributed by atoms with E-state index in [0.29, 0.717) is 0 Å². The molecule has 0 saturated heterocycles. The highest BCUT2D eigenvalue weighted by Crippen LogP contribution is 2.20. The number of alkyl halides is 3. The van der Waals surface area contributed by atoms with Crippen LogP contribution in [0.5, 0.6) is 0 Å². The van der Waals surface area contributed by atoms with E-state index in [4.69, 9.17) is 0 Å². The van der Waals surface area contributed by atoms with E-state index in [1.807, 2.05) is 5.32 Å². The third kappa shape index (κ3) is 5.02. The van der Waals surface area contributed by atoms with Crippen molar-refractivity contribution in [3.63, 3.8) is 0 Å². The Kier molecular flexibility index (Phi) is 4.09. The van der Waals surface area contributed by atoms with Gasteiger partial charge in [-0.3, -0.25) is 4.79 Å². The van der Waals surface area contributed by atoms with E-state index in [2.05, 4.69) is 0 Å². The van der Waals surface area contributed by atoms with Crippen LogP contribution in [0.1, 0.15) is 13.8 Å². The van der Waals surface area contributed by atoms with Gasteiger partial charge in [0.25, 0.3) is 0 Å². The first kappa shape index (κ1) is 12.6. The zero-order chi connectivity index (χ0) is 10.7. The van der Waals surface area contributed by atoms with Crippen LogP contribution >= 0.6 is 11.8 Å². The van der Waals surface area contributed by atoms with Gasteiger partial charge in [0.2, 0.25) is 0 Å². The standard InChI is InChI=1S/C7H12F3NOS/c1-6(2,13-3)4-11-5(12)7(8,9)10/h4H2,1-3H3,(H,11,12). The Bertz CT molecular complexity index is 191. The summed E-state index contributed by atoms with van der Waals surface area (Å²) in [5, 5.41) is 1.83. The largest absolute Gasteiger partial charge is 0.471 e. The molecule has 0 rings (SSSR count). The molecule has 0 aromatic heterocycles. The molecule has 0 aliphatic rings. The molecule has 13 heavy (non-hydrogen) atoms. The average molecular weight is 215 g/mol. The van der Waals surface area contributed by atoms with Gasteiger partial charge in [-0.2, -0.15) is 24.9 Å². The quantitative estimate of drug-likeness (QED) is 0.777. The van der Waals surface area contributed by atoms with Crippen LogP contribution in [0.15, 0.2) is 0 Å². The molecule has 0 aliphatic carbocycles. The molecule has 0 saturated carbocycles. The summed E-state index contributed by atoms with van der Waals surface area (Å²) >= 11 is 1.40. The second-order valence-electron chi connectivity index (χ2n) is 3.14. The predicted octanol–water partition coefficient (Wildman–Crippen LogP) is 1.81. The smallest absolute Gasteiger partial charge is 0.347 e. The first-order valence-electron chi connectivity index (χ1n) is 3.59. The first-order valence-corrected chi connectivity index (χ1v) is 4.82. The molecular formula is C7H12F3NOS. The molecule has 2 nitrogen and oxygen atoms in total. The molecule has 0 fully saturated rings. The van der Waals surface area contributed by atoms with Gasteiger partial charge in [-0.25, -0.2) is 0 Å². The van der Waals surface area contributed by atoms with E-state index >= 15 is 0 Å². The number of thioether (sulfide) groups is 1. The van der Waals surface area contributed by atoms with Gasteiger partial charge >= 0.3 is 12.1 Å². The molecule has 1 N–H and O–H groups in total. The molecule has 0 bridgehead atoms. The predicted molar refractivity (Wildman–Crippen MR) is 46.7 cm³/mol. The van der Waals surface area contributed by atoms with Gasteiger partial charge in [0.1, 0.15) is 0 Å². The number of carbonyl (C=O) groups excluding carboxylic acids is 1. The van der Waals surface area contributed by atoms with Crippen molar-refractivity contribution in [3.05, 3.63) is 0 Å². The molecule has 0 aromatic rings. The maximum Gasteiger partial charge on any atom is 0.471 e. The fourth-order valence-corrected chi connectivity index (χ4v) is 0.682. The van der Waals surface area contributed by atoms with E-state index in [1.54, 1.807) is 20.1 Å². The third-order valence-electron chi connectivity index (χ3n) is 1.48. The summed E-state index contributed by atoms with van der Waals surface area (Å²) in [6.07, 6.45) is -3.01. The van der Waals surface area contributed by atoms with Gasteiger partial charge in [-0.05, 0) is 20.1 Å². The lowest BCUT2D eigenvalue weighted by molar-refractivity contribution is -0.173. The molecule has 1 amide bonds. The molecule has 0 atom stereocenters. The van der Waals surface area contributed by atoms with Crippen molar-refractivity contribution in [1.82, 2.24) is 5.32 Å². The van der Waals surface area contributed by atoms with E-state index in [9.17, 15) is 18.0 Å². The maximum absolute atomic E-state index is 11.7. The highest BCUT2D eigenvalue weighted by molar-refractivity contribution is 7.99. The van der Waals surface area contributed by atoms with Crippen molar-refractivity contribution in [2.75, 3.05) is 12.8 Å². The lowest BCUT2D eigenvalue weighted by atomic mass is 10.2. The van der Waals surface area contributed by atoms with Gasteiger partial charge in [0, 0.05) is 11.3 Å². The molecule has 0 heterocycles. The van der Waals surface area contributed by atoms with Crippen molar-refractivity contribution in [2.24, 2.45) is 0 Å². The lowest BCUT2D eigenvalue weighted by Gasteiger charge is -2.22. The number of hydrogen-bond acceptors (Lipinski definition) is 2. The fraction of sp³-hybridized carbons (Fsp3) is 0.857. The summed E-state index contributed by atoms with van der Waals surface area (Å²) < 4.78 is 34.8. The van der Waals surface area contributed by atoms with Crippen LogP contribution in [0.4, 0.5) is 13.2 Å². The Morgan fingerprint density at radius 1 is 1.38 bits per heavy atom. The van der Waals surface area contributed by atoms with Crippen LogP contribution in [0.25, 0.3) is 0 Å². The molecular weight excluding hydrogens is 203 g/mol. The number of halogens is 3. The number of rotatable bonds is 3. The topological polar surface area (TPSA) is 29.1 Å². The van der Waals surface area contributed by atoms with Crippen molar-refractivity contribution in [3.8, 4) is 0 Å². The van der Waals surface area contributed by atoms with Crippen molar-refractivity contribution in [1.29, 1.82) is 0 Å². The summed E-state index contributed by atoms with van der Waals surface area (Å²) in [4.78, 5) is 10.4. The molecule has 0 aliphatic heterocycles. The number of nitrogens with one attached hydrogen (secondary N) is 1. The fourth-order valence-electron chi connectivity index (χ4n) is 0.466. The third-order valence-corrected chi connectivity index (χ3v) is 2.73. The van der Waals surface area contributed by atoms with Gasteiger partial charge in [0.15, 0.2) is 0 Å². The molecule has 6 heteroatoms. The van der Waals surface area contributed by atoms with Gasteiger partial charge in [0.05, 0.1) is 0 Å². The Morgan fingerprint density at radius 3 is 2.15 bits per heavy atom. The number of hydrogen-bond donors (Lipinski definition) is 1. The summed E-state index contributed by atoms with van der Waals surface area (Å²) in [5.74, 6) is -1.88. The molecule has 78 valence electrons. The van der Waals surface area contributed by atoms with Crippen LogP contribution in [-0.4, -0.2) is 29.6 Å². The lowest BCUT2D eigenvalue weighted by Crippen LogP contribution is -2.42. The average Bonchev–Trinajstić information content (AvgIpc) is 1.98. The maximum atomic E-state index is 11.7. The normalized spacial score (nSPS) is 12.8. The summed E-state index contributed by atoms with van der Waals surface area (Å²) in [6.45, 7) is 3.52. The second-order valence-corrected chi connectivity index (χ2v) is 4.66. The van der Waals surface area contributed by atoms with Crippen LogP contribution in [-0.2, 0) is 4.79 Å². The highest BCUT2D eigenvalue weighted by atomic mass is 32.2. The van der Waals surface area contributed by atoms with Crippen molar-refractivity contribution < 1.29 is 18.0 Å². The summed E-state index contributed by atoms with van der Waals surface area (Å²) in [6, 6.07) is 0. The van der Waals surface area contributed by atoms with E-state index in [-0.39, 0.29) is 11.3 Å². The van der Waals surface area contributed by atoms with Crippen molar-refractivity contribution >= 4 is 17.7 Å². The zero-order valence-corrected chi connectivity index (χ0v) is 8.47. The minimum absolute atomic E-state index is 0.00646. The van der Waals surface area contributed by atoms with Gasteiger partial charge in [-0.15, -0.1) is 0 Å². The minimum Gasteiger partial charge on any atom is -0.347 e. The van der Waals surface area contributed by atoms with Crippen molar-refractivity contribution in [2.45, 2.75) is 24.8 Å². The first-order chi connectivity index (χ1) is 5.69. The van der Waals surface area contributed by atoms with E-state index in [1.165, 1.54) is 11.8 Å². The van der Waals surface area contributed by atoms with Crippen LogP contribution in [0.3, 0.4) is 0 Å². The Balaban J connectivity index is 3.98. The molecule has 0 spiro atoms. The van der Waals surface area contributed by atoms with E-state index in [0.717, 1.165) is 0 Å². The summed E-state index contributed by atoms with van der Waals surface area (Å²) in [5.41, 5.74) is 0. The molecule has 0 unspecified atom stereocenters. The minimum atomic E-state index is -4.78. The Labute approximate surface area is 79.3 Å². The number of amides is 1. The van der Waals surface area contributed by atoms with Crippen LogP contribution in [0, 0.1) is 0 Å². The number of carbonyl (C=O) groups is 1. The second kappa shape index (κ2) is 4.21. The Hall–Kier alpha value is -0.390. The Morgan fingerprint density at radius 2 is 1.85 bits per heavy atom. The van der Waals surface area contributed by atoms with Crippen LogP contribution in [0.2, 0.25) is 0 Å². The monoisotopic (exact) mass is 215 g/mol. The van der Waals surface area contributed by atoms with E-state index < -0.39 is 12.1 Å². The van der Waals surface area contributed by atoms with Gasteiger partial charge in [-0.1, -0.05) is 0 Å².